The van der Waals surface area contributed by atoms with Crippen LogP contribution < -0.4 is 10.9 Å². The SMILES string of the molecule is Cc1ccnc(-n2c(S[C@@H](C)C(=O)NC(C)(C)C)nc3ccccc3c2=O)c1. The van der Waals surface area contributed by atoms with Gasteiger partial charge in [0, 0.05) is 11.7 Å². The molecule has 0 bridgehead atoms. The topological polar surface area (TPSA) is 76.9 Å². The standard InChI is InChI=1S/C21H24N4O2S/c1-13-10-11-22-17(12-13)25-19(27)15-8-6-7-9-16(15)23-20(25)28-14(2)18(26)24-21(3,4)5/h6-12,14H,1-5H3,(H,24,26)/t14-/m0/s1. The predicted octanol–water partition coefficient (Wildman–Crippen LogP) is 3.48. The molecule has 146 valence electrons. The van der Waals surface area contributed by atoms with Gasteiger partial charge >= 0.3 is 0 Å². The quantitative estimate of drug-likeness (QED) is 0.540. The van der Waals surface area contributed by atoms with Crippen molar-refractivity contribution >= 4 is 28.6 Å². The van der Waals surface area contributed by atoms with E-state index in [1.807, 2.05) is 52.0 Å². The van der Waals surface area contributed by atoms with Crippen molar-refractivity contribution < 1.29 is 4.79 Å². The van der Waals surface area contributed by atoms with E-state index in [1.165, 1.54) is 16.3 Å². The van der Waals surface area contributed by atoms with Gasteiger partial charge in [0.25, 0.3) is 5.56 Å². The molecule has 0 radical (unpaired) electrons. The van der Waals surface area contributed by atoms with Crippen molar-refractivity contribution in [3.63, 3.8) is 0 Å². The second kappa shape index (κ2) is 7.75. The lowest BCUT2D eigenvalue weighted by molar-refractivity contribution is -0.121. The zero-order chi connectivity index (χ0) is 20.5. The minimum absolute atomic E-state index is 0.108. The summed E-state index contributed by atoms with van der Waals surface area (Å²) in [7, 11) is 0. The third-order valence-electron chi connectivity index (χ3n) is 4.02. The second-order valence-electron chi connectivity index (χ2n) is 7.74. The Morgan fingerprint density at radius 2 is 1.93 bits per heavy atom. The van der Waals surface area contributed by atoms with E-state index in [0.29, 0.717) is 21.9 Å². The van der Waals surface area contributed by atoms with E-state index in [-0.39, 0.29) is 17.0 Å². The number of para-hydroxylation sites is 1. The minimum atomic E-state index is -0.427. The maximum absolute atomic E-state index is 13.2. The van der Waals surface area contributed by atoms with E-state index in [1.54, 1.807) is 25.3 Å². The molecule has 0 aliphatic heterocycles. The number of rotatable bonds is 4. The van der Waals surface area contributed by atoms with Crippen LogP contribution in [0.1, 0.15) is 33.3 Å². The predicted molar refractivity (Wildman–Crippen MR) is 113 cm³/mol. The lowest BCUT2D eigenvalue weighted by Crippen LogP contribution is -2.44. The molecule has 0 aliphatic carbocycles. The molecule has 0 unspecified atom stereocenters. The van der Waals surface area contributed by atoms with Gasteiger partial charge in [-0.05, 0) is 64.4 Å². The maximum Gasteiger partial charge on any atom is 0.267 e. The first-order valence-corrected chi connectivity index (χ1v) is 9.97. The van der Waals surface area contributed by atoms with Gasteiger partial charge in [0.15, 0.2) is 5.16 Å². The lowest BCUT2D eigenvalue weighted by Gasteiger charge is -2.23. The molecule has 0 saturated carbocycles. The van der Waals surface area contributed by atoms with E-state index in [9.17, 15) is 9.59 Å². The van der Waals surface area contributed by atoms with E-state index >= 15 is 0 Å². The highest BCUT2D eigenvalue weighted by molar-refractivity contribution is 8.00. The monoisotopic (exact) mass is 396 g/mol. The summed E-state index contributed by atoms with van der Waals surface area (Å²) in [4.78, 5) is 34.8. The van der Waals surface area contributed by atoms with Gasteiger partial charge in [-0.25, -0.2) is 14.5 Å². The largest absolute Gasteiger partial charge is 0.351 e. The van der Waals surface area contributed by atoms with Crippen LogP contribution in [0.4, 0.5) is 0 Å². The highest BCUT2D eigenvalue weighted by Crippen LogP contribution is 2.25. The van der Waals surface area contributed by atoms with Gasteiger partial charge in [0.05, 0.1) is 16.2 Å². The Morgan fingerprint density at radius 1 is 1.21 bits per heavy atom. The molecule has 2 aromatic heterocycles. The fourth-order valence-corrected chi connectivity index (χ4v) is 3.63. The maximum atomic E-state index is 13.2. The van der Waals surface area contributed by atoms with Crippen LogP contribution in [-0.2, 0) is 4.79 Å². The van der Waals surface area contributed by atoms with Crippen LogP contribution >= 0.6 is 11.8 Å². The number of nitrogens with zero attached hydrogens (tertiary/aromatic N) is 3. The number of hydrogen-bond donors (Lipinski definition) is 1. The van der Waals surface area contributed by atoms with Crippen molar-refractivity contribution in [2.24, 2.45) is 0 Å². The summed E-state index contributed by atoms with van der Waals surface area (Å²) in [6, 6.07) is 10.9. The number of fused-ring (bicyclic) bond motifs is 1. The Hall–Kier alpha value is -2.67. The molecule has 7 heteroatoms. The summed E-state index contributed by atoms with van der Waals surface area (Å²) in [5, 5.41) is 3.50. The van der Waals surface area contributed by atoms with Crippen LogP contribution in [0.3, 0.4) is 0 Å². The van der Waals surface area contributed by atoms with Gasteiger partial charge in [-0.3, -0.25) is 9.59 Å². The van der Waals surface area contributed by atoms with Crippen molar-refractivity contribution in [1.29, 1.82) is 0 Å². The summed E-state index contributed by atoms with van der Waals surface area (Å²) in [5.74, 6) is 0.387. The highest BCUT2D eigenvalue weighted by Gasteiger charge is 2.23. The van der Waals surface area contributed by atoms with Crippen LogP contribution in [-0.4, -0.2) is 31.2 Å². The molecule has 1 atom stereocenters. The summed E-state index contributed by atoms with van der Waals surface area (Å²) in [5.41, 5.74) is 1.05. The van der Waals surface area contributed by atoms with E-state index < -0.39 is 5.25 Å². The number of carbonyl (C=O) groups excluding carboxylic acids is 1. The zero-order valence-corrected chi connectivity index (χ0v) is 17.5. The molecule has 0 spiro atoms. The number of benzene rings is 1. The Balaban J connectivity index is 2.11. The third-order valence-corrected chi connectivity index (χ3v) is 5.08. The summed E-state index contributed by atoms with van der Waals surface area (Å²) < 4.78 is 1.49. The van der Waals surface area contributed by atoms with Crippen LogP contribution in [0.5, 0.6) is 0 Å². The average Bonchev–Trinajstić information content (AvgIpc) is 2.60. The number of hydrogen-bond acceptors (Lipinski definition) is 5. The number of carbonyl (C=O) groups is 1. The van der Waals surface area contributed by atoms with Crippen LogP contribution in [0.25, 0.3) is 16.7 Å². The molecule has 2 heterocycles. The molecule has 1 aromatic carbocycles. The molecule has 3 aromatic rings. The molecule has 6 nitrogen and oxygen atoms in total. The van der Waals surface area contributed by atoms with Gasteiger partial charge in [-0.1, -0.05) is 23.9 Å². The first-order chi connectivity index (χ1) is 13.2. The number of pyridine rings is 1. The van der Waals surface area contributed by atoms with Crippen molar-refractivity contribution in [1.82, 2.24) is 19.9 Å². The molecular weight excluding hydrogens is 372 g/mol. The van der Waals surface area contributed by atoms with Gasteiger partial charge in [-0.15, -0.1) is 0 Å². The number of nitrogens with one attached hydrogen (secondary N) is 1. The zero-order valence-electron chi connectivity index (χ0n) is 16.7. The normalized spacial score (nSPS) is 12.8. The fourth-order valence-electron chi connectivity index (χ4n) is 2.72. The Bertz CT molecular complexity index is 1090. The van der Waals surface area contributed by atoms with Crippen molar-refractivity contribution in [3.05, 3.63) is 58.5 Å². The second-order valence-corrected chi connectivity index (χ2v) is 9.05. The van der Waals surface area contributed by atoms with Gasteiger partial charge in [0.1, 0.15) is 5.82 Å². The smallest absolute Gasteiger partial charge is 0.267 e. The van der Waals surface area contributed by atoms with Crippen molar-refractivity contribution in [3.8, 4) is 5.82 Å². The number of aryl methyl sites for hydroxylation is 1. The molecular formula is C21H24N4O2S. The van der Waals surface area contributed by atoms with Crippen molar-refractivity contribution in [2.75, 3.05) is 0 Å². The summed E-state index contributed by atoms with van der Waals surface area (Å²) in [6.07, 6.45) is 1.66. The van der Waals surface area contributed by atoms with Crippen LogP contribution in [0.2, 0.25) is 0 Å². The molecule has 28 heavy (non-hydrogen) atoms. The molecule has 1 N–H and O–H groups in total. The minimum Gasteiger partial charge on any atom is -0.351 e. The van der Waals surface area contributed by atoms with E-state index in [0.717, 1.165) is 5.56 Å². The highest BCUT2D eigenvalue weighted by atomic mass is 32.2. The van der Waals surface area contributed by atoms with Crippen LogP contribution in [0, 0.1) is 6.92 Å². The lowest BCUT2D eigenvalue weighted by atomic mass is 10.1. The van der Waals surface area contributed by atoms with Gasteiger partial charge in [-0.2, -0.15) is 0 Å². The molecule has 0 aliphatic rings. The molecule has 0 saturated heterocycles. The first kappa shape index (κ1) is 20.1. The number of aromatic nitrogens is 3. The van der Waals surface area contributed by atoms with E-state index in [4.69, 9.17) is 0 Å². The average molecular weight is 397 g/mol. The van der Waals surface area contributed by atoms with Gasteiger partial charge < -0.3 is 5.32 Å². The number of thioether (sulfide) groups is 1. The summed E-state index contributed by atoms with van der Waals surface area (Å²) >= 11 is 1.25. The molecule has 1 amide bonds. The fraction of sp³-hybridized carbons (Fsp3) is 0.333. The van der Waals surface area contributed by atoms with Gasteiger partial charge in [0.2, 0.25) is 5.91 Å². The Labute approximate surface area is 168 Å². The van der Waals surface area contributed by atoms with Crippen LogP contribution in [0.15, 0.2) is 52.5 Å². The Morgan fingerprint density at radius 3 is 2.61 bits per heavy atom. The summed E-state index contributed by atoms with van der Waals surface area (Å²) in [6.45, 7) is 9.55. The third kappa shape index (κ3) is 4.42. The first-order valence-electron chi connectivity index (χ1n) is 9.09. The van der Waals surface area contributed by atoms with Crippen molar-refractivity contribution in [2.45, 2.75) is 50.6 Å². The Kier molecular flexibility index (Phi) is 5.56. The molecule has 3 rings (SSSR count). The van der Waals surface area contributed by atoms with E-state index in [2.05, 4.69) is 15.3 Å². The number of amides is 1. The molecule has 0 fully saturated rings.